The van der Waals surface area contributed by atoms with Gasteiger partial charge in [0.05, 0.1) is 11.8 Å². The van der Waals surface area contributed by atoms with E-state index in [4.69, 9.17) is 10.5 Å². The number of primary amides is 1. The molecular formula is C32H33FN6O5S. The van der Waals surface area contributed by atoms with E-state index in [2.05, 4.69) is 19.9 Å². The molecular weight excluding hydrogens is 599 g/mol. The third-order valence-corrected chi connectivity index (χ3v) is 7.85. The van der Waals surface area contributed by atoms with E-state index in [1.807, 2.05) is 36.4 Å². The molecule has 1 saturated heterocycles. The van der Waals surface area contributed by atoms with Gasteiger partial charge in [-0.15, -0.1) is 0 Å². The van der Waals surface area contributed by atoms with Crippen LogP contribution in [-0.2, 0) is 16.6 Å². The molecule has 0 atom stereocenters. The van der Waals surface area contributed by atoms with E-state index >= 15 is 0 Å². The number of anilines is 3. The van der Waals surface area contributed by atoms with Gasteiger partial charge >= 0.3 is 6.03 Å². The smallest absolute Gasteiger partial charge is 0.326 e. The summed E-state index contributed by atoms with van der Waals surface area (Å²) in [5.41, 5.74) is 7.43. The Balaban J connectivity index is 1.18. The first kappa shape index (κ1) is 31.4. The van der Waals surface area contributed by atoms with Gasteiger partial charge < -0.3 is 15.8 Å². The molecule has 0 aliphatic carbocycles. The summed E-state index contributed by atoms with van der Waals surface area (Å²) < 4.78 is 44.9. The van der Waals surface area contributed by atoms with Crippen molar-refractivity contribution in [2.45, 2.75) is 25.4 Å². The van der Waals surface area contributed by atoms with Crippen LogP contribution in [0.25, 0.3) is 0 Å². The van der Waals surface area contributed by atoms with Gasteiger partial charge in [-0.3, -0.25) is 19.3 Å². The van der Waals surface area contributed by atoms with Crippen molar-refractivity contribution in [1.29, 1.82) is 0 Å². The fourth-order valence-corrected chi connectivity index (χ4v) is 5.71. The summed E-state index contributed by atoms with van der Waals surface area (Å²) in [5, 5.41) is 2.80. The van der Waals surface area contributed by atoms with Crippen LogP contribution in [-0.4, -0.2) is 55.6 Å². The van der Waals surface area contributed by atoms with Crippen LogP contribution in [0.2, 0.25) is 0 Å². The Morgan fingerprint density at radius 2 is 1.69 bits per heavy atom. The van der Waals surface area contributed by atoms with Crippen LogP contribution >= 0.6 is 0 Å². The molecule has 3 amide bonds. The number of nitrogens with two attached hydrogens (primary N) is 1. The number of nitrogens with one attached hydrogen (secondary N) is 2. The maximum Gasteiger partial charge on any atom is 0.326 e. The van der Waals surface area contributed by atoms with Gasteiger partial charge in [-0.25, -0.2) is 22.6 Å². The average Bonchev–Trinajstić information content (AvgIpc) is 3.01. The Kier molecular flexibility index (Phi) is 9.59. The number of sulfonamides is 1. The second kappa shape index (κ2) is 13.7. The molecule has 3 aromatic carbocycles. The highest BCUT2D eigenvalue weighted by Crippen LogP contribution is 2.27. The molecule has 0 saturated carbocycles. The lowest BCUT2D eigenvalue weighted by atomic mass is 10.0. The molecule has 1 aromatic heterocycles. The zero-order valence-corrected chi connectivity index (χ0v) is 25.3. The number of hydrogen-bond acceptors (Lipinski definition) is 7. The monoisotopic (exact) mass is 632 g/mol. The molecule has 4 aromatic rings. The van der Waals surface area contributed by atoms with Crippen LogP contribution in [0.1, 0.15) is 28.8 Å². The van der Waals surface area contributed by atoms with Gasteiger partial charge in [0, 0.05) is 55.0 Å². The van der Waals surface area contributed by atoms with E-state index in [1.54, 1.807) is 41.4 Å². The van der Waals surface area contributed by atoms with Crippen molar-refractivity contribution in [3.63, 3.8) is 0 Å². The van der Waals surface area contributed by atoms with Crippen LogP contribution < -0.4 is 25.4 Å². The number of pyridine rings is 1. The number of carbonyl (C=O) groups is 2. The van der Waals surface area contributed by atoms with E-state index < -0.39 is 21.7 Å². The SMILES string of the molecule is CS(=O)(=O)Nc1ccc(Oc2ccc(CN3CCC(N(C(=O)Nc4ccc(F)c(C(N)=O)c4)c4ccccc4)CC3)cn2)cc1. The molecule has 5 rings (SSSR count). The van der Waals surface area contributed by atoms with E-state index in [0.717, 1.165) is 49.5 Å². The molecule has 4 N–H and O–H groups in total. The van der Waals surface area contributed by atoms with Crippen molar-refractivity contribution in [1.82, 2.24) is 9.88 Å². The zero-order valence-electron chi connectivity index (χ0n) is 24.5. The molecule has 0 unspecified atom stereocenters. The molecule has 1 aliphatic heterocycles. The van der Waals surface area contributed by atoms with Gasteiger partial charge in [0.2, 0.25) is 15.9 Å². The highest BCUT2D eigenvalue weighted by molar-refractivity contribution is 7.92. The normalized spacial score (nSPS) is 14.0. The van der Waals surface area contributed by atoms with E-state index in [0.29, 0.717) is 23.9 Å². The third-order valence-electron chi connectivity index (χ3n) is 7.24. The average molecular weight is 633 g/mol. The number of likely N-dealkylation sites (tertiary alicyclic amines) is 1. The van der Waals surface area contributed by atoms with Crippen molar-refractivity contribution in [3.8, 4) is 11.6 Å². The lowest BCUT2D eigenvalue weighted by Gasteiger charge is -2.38. The maximum atomic E-state index is 14.0. The number of halogens is 1. The first-order chi connectivity index (χ1) is 21.5. The van der Waals surface area contributed by atoms with Gasteiger partial charge in [-0.2, -0.15) is 0 Å². The lowest BCUT2D eigenvalue weighted by molar-refractivity contribution is 0.0996. The molecule has 0 spiro atoms. The Hall–Kier alpha value is -5.01. The Labute approximate surface area is 260 Å². The number of rotatable bonds is 10. The highest BCUT2D eigenvalue weighted by Gasteiger charge is 2.29. The fraction of sp³-hybridized carbons (Fsp3) is 0.219. The molecule has 13 heteroatoms. The van der Waals surface area contributed by atoms with Gasteiger partial charge in [0.1, 0.15) is 11.6 Å². The zero-order chi connectivity index (χ0) is 32.0. The summed E-state index contributed by atoms with van der Waals surface area (Å²) in [7, 11) is -3.36. The summed E-state index contributed by atoms with van der Waals surface area (Å²) in [6.07, 6.45) is 4.28. The van der Waals surface area contributed by atoms with E-state index in [1.165, 1.54) is 12.1 Å². The minimum Gasteiger partial charge on any atom is -0.439 e. The molecule has 234 valence electrons. The van der Waals surface area contributed by atoms with Gasteiger partial charge in [0.25, 0.3) is 5.91 Å². The largest absolute Gasteiger partial charge is 0.439 e. The number of aromatic nitrogens is 1. The van der Waals surface area contributed by atoms with Crippen molar-refractivity contribution in [2.75, 3.05) is 34.3 Å². The summed E-state index contributed by atoms with van der Waals surface area (Å²) in [6, 6.07) is 22.8. The Bertz CT molecular complexity index is 1750. The summed E-state index contributed by atoms with van der Waals surface area (Å²) in [6.45, 7) is 2.17. The number of amides is 3. The van der Waals surface area contributed by atoms with Crippen molar-refractivity contribution < 1.29 is 27.1 Å². The van der Waals surface area contributed by atoms with Gasteiger partial charge in [0.15, 0.2) is 0 Å². The van der Waals surface area contributed by atoms with Crippen LogP contribution in [0.3, 0.4) is 0 Å². The maximum absolute atomic E-state index is 14.0. The van der Waals surface area contributed by atoms with Crippen molar-refractivity contribution in [2.24, 2.45) is 5.73 Å². The summed E-state index contributed by atoms with van der Waals surface area (Å²) >= 11 is 0. The standard InChI is InChI=1S/C32H33FN6O5S/c1-45(42,43)37-23-8-11-27(12-9-23)44-30-14-7-22(20-35-30)21-38-17-15-26(16-18-38)39(25-5-3-2-4-6-25)32(41)36-24-10-13-29(33)28(19-24)31(34)40/h2-14,19-20,26,37H,15-18,21H2,1H3,(H2,34,40)(H,36,41). The molecule has 0 bridgehead atoms. The second-order valence-corrected chi connectivity index (χ2v) is 12.5. The summed E-state index contributed by atoms with van der Waals surface area (Å²) in [4.78, 5) is 33.5. The predicted octanol–water partition coefficient (Wildman–Crippen LogP) is 5.19. The third kappa shape index (κ3) is 8.55. The van der Waals surface area contributed by atoms with Crippen LogP contribution in [0, 0.1) is 5.82 Å². The van der Waals surface area contributed by atoms with Gasteiger partial charge in [-0.05, 0) is 73.0 Å². The second-order valence-electron chi connectivity index (χ2n) is 10.7. The molecule has 1 aliphatic rings. The highest BCUT2D eigenvalue weighted by atomic mass is 32.2. The van der Waals surface area contributed by atoms with Crippen molar-refractivity contribution in [3.05, 3.63) is 108 Å². The molecule has 2 heterocycles. The van der Waals surface area contributed by atoms with Crippen LogP contribution in [0.15, 0.2) is 91.1 Å². The first-order valence-electron chi connectivity index (χ1n) is 14.2. The minimum atomic E-state index is -3.36. The Morgan fingerprint density at radius 3 is 2.31 bits per heavy atom. The van der Waals surface area contributed by atoms with E-state index in [-0.39, 0.29) is 23.3 Å². The number of nitrogens with zero attached hydrogens (tertiary/aromatic N) is 3. The minimum absolute atomic E-state index is 0.0902. The quantitative estimate of drug-likeness (QED) is 0.218. The lowest BCUT2D eigenvalue weighted by Crippen LogP contribution is -2.49. The fourth-order valence-electron chi connectivity index (χ4n) is 5.14. The first-order valence-corrected chi connectivity index (χ1v) is 16.1. The number of carbonyl (C=O) groups excluding carboxylic acids is 2. The van der Waals surface area contributed by atoms with Crippen LogP contribution in [0.4, 0.5) is 26.2 Å². The number of hydrogen-bond donors (Lipinski definition) is 3. The molecule has 11 nitrogen and oxygen atoms in total. The number of benzene rings is 3. The molecule has 0 radical (unpaired) electrons. The number of piperidine rings is 1. The molecule has 45 heavy (non-hydrogen) atoms. The van der Waals surface area contributed by atoms with Gasteiger partial charge in [-0.1, -0.05) is 24.3 Å². The summed E-state index contributed by atoms with van der Waals surface area (Å²) in [5.74, 6) is -0.725. The number of para-hydroxylation sites is 1. The molecule has 1 fully saturated rings. The number of ether oxygens (including phenoxy) is 1. The predicted molar refractivity (Wildman–Crippen MR) is 170 cm³/mol. The Morgan fingerprint density at radius 1 is 1.00 bits per heavy atom. The topological polar surface area (TPSA) is 147 Å². The number of urea groups is 1. The van der Waals surface area contributed by atoms with Crippen molar-refractivity contribution >= 4 is 39.0 Å². The van der Waals surface area contributed by atoms with Crippen LogP contribution in [0.5, 0.6) is 11.6 Å². The van der Waals surface area contributed by atoms with E-state index in [9.17, 15) is 22.4 Å².